The smallest absolute Gasteiger partial charge is 0.223 e. The van der Waals surface area contributed by atoms with Gasteiger partial charge < -0.3 is 15.0 Å². The number of nitrogens with zero attached hydrogens (tertiary/aromatic N) is 5. The molecule has 0 saturated carbocycles. The fraction of sp³-hybridized carbons (Fsp3) is 0.474. The molecule has 1 amide bonds. The number of methoxy groups -OCH3 is 1. The highest BCUT2D eigenvalue weighted by atomic mass is 16.5. The summed E-state index contributed by atoms with van der Waals surface area (Å²) in [6, 6.07) is 5.52. The molecular formula is C19H24N6O2. The molecule has 0 spiro atoms. The van der Waals surface area contributed by atoms with Crippen LogP contribution >= 0.6 is 0 Å². The van der Waals surface area contributed by atoms with Crippen LogP contribution < -0.4 is 5.32 Å². The predicted octanol–water partition coefficient (Wildman–Crippen LogP) is 1.64. The van der Waals surface area contributed by atoms with Crippen LogP contribution in [0.25, 0.3) is 0 Å². The van der Waals surface area contributed by atoms with E-state index in [-0.39, 0.29) is 17.9 Å². The van der Waals surface area contributed by atoms with Gasteiger partial charge in [-0.1, -0.05) is 0 Å². The number of hydrogen-bond acceptors (Lipinski definition) is 6. The summed E-state index contributed by atoms with van der Waals surface area (Å²) in [5.74, 6) is 0.698. The maximum absolute atomic E-state index is 12.7. The second-order valence-electron chi connectivity index (χ2n) is 6.69. The highest BCUT2D eigenvalue weighted by Gasteiger charge is 2.41. The molecule has 1 saturated heterocycles. The molecule has 0 unspecified atom stereocenters. The van der Waals surface area contributed by atoms with Crippen molar-refractivity contribution in [3.05, 3.63) is 41.3 Å². The highest BCUT2D eigenvalue weighted by molar-refractivity contribution is 5.80. The second kappa shape index (κ2) is 8.18. The molecule has 0 aliphatic carbocycles. The Hall–Kier alpha value is -2.92. The Morgan fingerprint density at radius 2 is 2.30 bits per heavy atom. The first-order chi connectivity index (χ1) is 13.1. The van der Waals surface area contributed by atoms with Gasteiger partial charge in [-0.05, 0) is 19.1 Å². The summed E-state index contributed by atoms with van der Waals surface area (Å²) in [5, 5.41) is 16.9. The number of carbonyl (C=O) groups excluding carboxylic acids is 1. The Kier molecular flexibility index (Phi) is 5.72. The molecule has 1 aliphatic rings. The van der Waals surface area contributed by atoms with Gasteiger partial charge >= 0.3 is 0 Å². The van der Waals surface area contributed by atoms with Crippen LogP contribution in [0.1, 0.15) is 29.3 Å². The van der Waals surface area contributed by atoms with Gasteiger partial charge in [0.25, 0.3) is 0 Å². The van der Waals surface area contributed by atoms with Crippen molar-refractivity contribution in [2.75, 3.05) is 32.1 Å². The third-order valence-electron chi connectivity index (χ3n) is 5.13. The number of rotatable bonds is 7. The van der Waals surface area contributed by atoms with Gasteiger partial charge in [-0.3, -0.25) is 9.48 Å². The van der Waals surface area contributed by atoms with Crippen molar-refractivity contribution in [3.8, 4) is 6.07 Å². The van der Waals surface area contributed by atoms with Crippen LogP contribution in [0.5, 0.6) is 0 Å². The Bertz CT molecular complexity index is 856. The summed E-state index contributed by atoms with van der Waals surface area (Å²) in [6.45, 7) is 3.58. The Morgan fingerprint density at radius 3 is 2.96 bits per heavy atom. The predicted molar refractivity (Wildman–Crippen MR) is 99.8 cm³/mol. The first-order valence-corrected chi connectivity index (χ1v) is 8.92. The van der Waals surface area contributed by atoms with Crippen molar-refractivity contribution in [2.45, 2.75) is 19.4 Å². The Balaban J connectivity index is 1.85. The van der Waals surface area contributed by atoms with Gasteiger partial charge in [-0.15, -0.1) is 0 Å². The van der Waals surface area contributed by atoms with Crippen molar-refractivity contribution < 1.29 is 9.53 Å². The molecule has 0 aromatic carbocycles. The monoisotopic (exact) mass is 368 g/mol. The van der Waals surface area contributed by atoms with Crippen LogP contribution in [0.3, 0.4) is 0 Å². The molecule has 8 nitrogen and oxygen atoms in total. The second-order valence-corrected chi connectivity index (χ2v) is 6.69. The van der Waals surface area contributed by atoms with Crippen LogP contribution in [0.4, 0.5) is 5.82 Å². The van der Waals surface area contributed by atoms with Gasteiger partial charge in [0.2, 0.25) is 5.91 Å². The number of hydrogen-bond donors (Lipinski definition) is 1. The van der Waals surface area contributed by atoms with Crippen LogP contribution in [0.2, 0.25) is 0 Å². The first-order valence-electron chi connectivity index (χ1n) is 8.92. The lowest BCUT2D eigenvalue weighted by molar-refractivity contribution is -0.129. The van der Waals surface area contributed by atoms with E-state index in [4.69, 9.17) is 4.74 Å². The molecular weight excluding hydrogens is 344 g/mol. The average Bonchev–Trinajstić information content (AvgIpc) is 3.17. The van der Waals surface area contributed by atoms with Crippen molar-refractivity contribution in [2.24, 2.45) is 13.0 Å². The molecule has 2 atom stereocenters. The van der Waals surface area contributed by atoms with Gasteiger partial charge in [-0.25, -0.2) is 4.98 Å². The number of carbonyl (C=O) groups is 1. The number of nitriles is 1. The van der Waals surface area contributed by atoms with Crippen molar-refractivity contribution in [3.63, 3.8) is 0 Å². The summed E-state index contributed by atoms with van der Waals surface area (Å²) in [4.78, 5) is 18.8. The third-order valence-corrected chi connectivity index (χ3v) is 5.13. The molecule has 142 valence electrons. The summed E-state index contributed by atoms with van der Waals surface area (Å²) in [5.41, 5.74) is 2.58. The van der Waals surface area contributed by atoms with Crippen molar-refractivity contribution in [1.82, 2.24) is 19.7 Å². The molecule has 0 bridgehead atoms. The number of aryl methyl sites for hydroxylation is 1. The normalized spacial score (nSPS) is 19.3. The highest BCUT2D eigenvalue weighted by Crippen LogP contribution is 2.39. The largest absolute Gasteiger partial charge is 0.383 e. The Morgan fingerprint density at radius 1 is 1.48 bits per heavy atom. The van der Waals surface area contributed by atoms with Gasteiger partial charge in [0.05, 0.1) is 24.4 Å². The fourth-order valence-corrected chi connectivity index (χ4v) is 3.59. The molecule has 1 fully saturated rings. The zero-order chi connectivity index (χ0) is 19.4. The molecule has 3 heterocycles. The molecule has 0 radical (unpaired) electrons. The molecule has 8 heteroatoms. The van der Waals surface area contributed by atoms with E-state index in [9.17, 15) is 10.1 Å². The lowest BCUT2D eigenvalue weighted by Crippen LogP contribution is -2.33. The lowest BCUT2D eigenvalue weighted by Gasteiger charge is -2.28. The Labute approximate surface area is 158 Å². The molecule has 2 aromatic rings. The molecule has 27 heavy (non-hydrogen) atoms. The first kappa shape index (κ1) is 18.9. The number of anilines is 1. The number of nitrogens with one attached hydrogen (secondary N) is 1. The van der Waals surface area contributed by atoms with Crippen molar-refractivity contribution >= 4 is 11.7 Å². The van der Waals surface area contributed by atoms with E-state index in [1.807, 2.05) is 29.7 Å². The minimum atomic E-state index is -0.0805. The number of aromatic nitrogens is 3. The van der Waals surface area contributed by atoms with E-state index in [1.54, 1.807) is 25.4 Å². The van der Waals surface area contributed by atoms with Gasteiger partial charge in [0, 0.05) is 57.0 Å². The zero-order valence-electron chi connectivity index (χ0n) is 15.8. The third kappa shape index (κ3) is 3.78. The van der Waals surface area contributed by atoms with E-state index in [0.717, 1.165) is 11.3 Å². The van der Waals surface area contributed by atoms with Crippen LogP contribution in [0.15, 0.2) is 24.5 Å². The summed E-state index contributed by atoms with van der Waals surface area (Å²) in [7, 11) is 3.53. The lowest BCUT2D eigenvalue weighted by atomic mass is 9.93. The number of amides is 1. The number of ether oxygens (including phenoxy) is 1. The van der Waals surface area contributed by atoms with E-state index in [0.29, 0.717) is 37.5 Å². The number of pyridine rings is 1. The van der Waals surface area contributed by atoms with E-state index in [1.165, 1.54) is 0 Å². The van der Waals surface area contributed by atoms with E-state index in [2.05, 4.69) is 21.5 Å². The van der Waals surface area contributed by atoms with Crippen LogP contribution in [-0.4, -0.2) is 52.4 Å². The van der Waals surface area contributed by atoms with E-state index < -0.39 is 0 Å². The summed E-state index contributed by atoms with van der Waals surface area (Å²) in [6.07, 6.45) is 3.92. The maximum Gasteiger partial charge on any atom is 0.223 e. The van der Waals surface area contributed by atoms with Crippen LogP contribution in [0, 0.1) is 24.2 Å². The van der Waals surface area contributed by atoms with E-state index >= 15 is 0 Å². The fourth-order valence-electron chi connectivity index (χ4n) is 3.59. The van der Waals surface area contributed by atoms with Crippen LogP contribution in [-0.2, 0) is 16.6 Å². The molecule has 1 aliphatic heterocycles. The molecule has 1 N–H and O–H groups in total. The zero-order valence-corrected chi connectivity index (χ0v) is 15.8. The molecule has 2 aromatic heterocycles. The SMILES string of the molecule is COCCN1C(=O)C[C@@H](CNc2ncccc2C#N)[C@@H]1c1cnn(C)c1C. The maximum atomic E-state index is 12.7. The van der Waals surface area contributed by atoms with Crippen molar-refractivity contribution in [1.29, 1.82) is 5.26 Å². The van der Waals surface area contributed by atoms with Gasteiger partial charge in [0.15, 0.2) is 0 Å². The average molecular weight is 368 g/mol. The summed E-state index contributed by atoms with van der Waals surface area (Å²) < 4.78 is 7.01. The quantitative estimate of drug-likeness (QED) is 0.798. The summed E-state index contributed by atoms with van der Waals surface area (Å²) >= 11 is 0. The minimum absolute atomic E-state index is 0.0470. The molecule has 3 rings (SSSR count). The standard InChI is InChI=1S/C19H24N6O2/c1-13-16(12-23-24(13)2)18-15(9-17(26)25(18)7-8-27-3)11-22-19-14(10-20)5-4-6-21-19/h4-6,12,15,18H,7-9,11H2,1-3H3,(H,21,22)/t15-,18+/m0/s1. The van der Waals surface area contributed by atoms with Gasteiger partial charge in [0.1, 0.15) is 11.9 Å². The topological polar surface area (TPSA) is 96.1 Å². The van der Waals surface area contributed by atoms with Gasteiger partial charge in [-0.2, -0.15) is 10.4 Å². The number of likely N-dealkylation sites (tertiary alicyclic amines) is 1. The minimum Gasteiger partial charge on any atom is -0.383 e.